The van der Waals surface area contributed by atoms with E-state index in [-0.39, 0.29) is 0 Å². The lowest BCUT2D eigenvalue weighted by molar-refractivity contribution is 0.669. The summed E-state index contributed by atoms with van der Waals surface area (Å²) < 4.78 is 8.54. The van der Waals surface area contributed by atoms with E-state index >= 15 is 0 Å². The number of furan rings is 1. The molecule has 0 spiro atoms. The number of imidazole rings is 1. The first-order valence-electron chi connectivity index (χ1n) is 18.7. The highest BCUT2D eigenvalue weighted by atomic mass is 32.2. The zero-order valence-electron chi connectivity index (χ0n) is 29.9. The third-order valence-corrected chi connectivity index (χ3v) is 17.0. The van der Waals surface area contributed by atoms with Crippen molar-refractivity contribution in [3.63, 3.8) is 0 Å². The third kappa shape index (κ3) is 5.15. The van der Waals surface area contributed by atoms with E-state index in [0.717, 1.165) is 44.5 Å². The molecule has 11 rings (SSSR count). The van der Waals surface area contributed by atoms with Gasteiger partial charge in [-0.3, -0.25) is 4.57 Å². The number of para-hydroxylation sites is 3. The average molecular weight is 739 g/mol. The molecular weight excluding hydrogens is 705 g/mol. The second kappa shape index (κ2) is 12.9. The van der Waals surface area contributed by atoms with E-state index in [2.05, 4.69) is 187 Å². The van der Waals surface area contributed by atoms with Crippen LogP contribution in [-0.4, -0.2) is 17.6 Å². The van der Waals surface area contributed by atoms with Crippen LogP contribution in [0.5, 0.6) is 0 Å². The van der Waals surface area contributed by atoms with Gasteiger partial charge in [-0.15, -0.1) is 11.8 Å². The fourth-order valence-corrected chi connectivity index (χ4v) is 14.5. The van der Waals surface area contributed by atoms with Gasteiger partial charge in [-0.25, -0.2) is 4.98 Å². The molecule has 3 nitrogen and oxygen atoms in total. The SMILES string of the molecule is c1ccc([Si](c2ccccc2)(c2cccc(-c3ccc4c(c3)SCc3nc5ccccc5n3-4)c2)c2cccc(-c3ccc4oc5ccccc5c4c3)c2)cc1. The first-order valence-corrected chi connectivity index (χ1v) is 21.7. The van der Waals surface area contributed by atoms with E-state index in [1.807, 2.05) is 23.9 Å². The first kappa shape index (κ1) is 32.1. The summed E-state index contributed by atoms with van der Waals surface area (Å²) in [5, 5.41) is 7.69. The normalized spacial score (nSPS) is 12.6. The maximum absolute atomic E-state index is 6.20. The summed E-state index contributed by atoms with van der Waals surface area (Å²) in [7, 11) is -2.85. The third-order valence-electron chi connectivity index (χ3n) is 11.2. The Kier molecular flexibility index (Phi) is 7.51. The molecule has 0 N–H and O–H groups in total. The molecule has 10 aromatic rings. The molecule has 0 atom stereocenters. The zero-order valence-corrected chi connectivity index (χ0v) is 31.7. The van der Waals surface area contributed by atoms with Crippen LogP contribution < -0.4 is 20.7 Å². The summed E-state index contributed by atoms with van der Waals surface area (Å²) in [6, 6.07) is 71.4. The minimum atomic E-state index is -2.85. The standard InChI is InChI=1S/C50H34N2OSSi/c1-3-15-38(16-4-1)55(39-17-5-2-6-18-39,40-19-11-13-34(29-40)36-26-28-48-43(31-36)42-21-7-10-24-47(42)53-48)41-20-12-14-35(30-41)37-25-27-46-49(32-37)54-33-50-51-44-22-8-9-23-45(44)52(46)50/h1-32H,33H2. The van der Waals surface area contributed by atoms with Crippen LogP contribution in [0.4, 0.5) is 0 Å². The van der Waals surface area contributed by atoms with Crippen molar-refractivity contribution >= 4 is 73.6 Å². The molecule has 0 bridgehead atoms. The van der Waals surface area contributed by atoms with Crippen molar-refractivity contribution in [3.05, 3.63) is 200 Å². The van der Waals surface area contributed by atoms with E-state index in [1.165, 1.54) is 53.6 Å². The summed E-state index contributed by atoms with van der Waals surface area (Å²) in [6.07, 6.45) is 0. The molecule has 0 amide bonds. The van der Waals surface area contributed by atoms with E-state index < -0.39 is 8.07 Å². The number of nitrogens with zero attached hydrogens (tertiary/aromatic N) is 2. The molecule has 0 unspecified atom stereocenters. The van der Waals surface area contributed by atoms with Crippen LogP contribution in [0.1, 0.15) is 5.82 Å². The Morgan fingerprint density at radius 1 is 0.473 bits per heavy atom. The monoisotopic (exact) mass is 738 g/mol. The lowest BCUT2D eigenvalue weighted by atomic mass is 10.0. The van der Waals surface area contributed by atoms with Crippen LogP contribution >= 0.6 is 11.8 Å². The summed E-state index contributed by atoms with van der Waals surface area (Å²) in [5.41, 5.74) is 10.1. The van der Waals surface area contributed by atoms with E-state index in [0.29, 0.717) is 0 Å². The topological polar surface area (TPSA) is 31.0 Å². The smallest absolute Gasteiger partial charge is 0.179 e. The van der Waals surface area contributed by atoms with Crippen LogP contribution in [0, 0.1) is 0 Å². The average Bonchev–Trinajstić information content (AvgIpc) is 3.83. The van der Waals surface area contributed by atoms with Gasteiger partial charge in [0.25, 0.3) is 0 Å². The van der Waals surface area contributed by atoms with E-state index in [1.54, 1.807) is 0 Å². The number of benzene rings is 8. The molecule has 0 fully saturated rings. The Morgan fingerprint density at radius 2 is 1.05 bits per heavy atom. The Hall–Kier alpha value is -6.40. The molecule has 0 radical (unpaired) electrons. The number of thioether (sulfide) groups is 1. The highest BCUT2D eigenvalue weighted by Crippen LogP contribution is 2.40. The summed E-state index contributed by atoms with van der Waals surface area (Å²) in [5.74, 6) is 1.96. The fraction of sp³-hybridized carbons (Fsp3) is 0.0200. The Bertz CT molecular complexity index is 3020. The van der Waals surface area contributed by atoms with E-state index in [9.17, 15) is 0 Å². The molecule has 1 aliphatic heterocycles. The molecular formula is C50H34N2OSSi. The largest absolute Gasteiger partial charge is 0.456 e. The molecule has 55 heavy (non-hydrogen) atoms. The van der Waals surface area contributed by atoms with Crippen molar-refractivity contribution in [2.24, 2.45) is 0 Å². The van der Waals surface area contributed by atoms with Gasteiger partial charge in [-0.2, -0.15) is 0 Å². The minimum Gasteiger partial charge on any atom is -0.456 e. The second-order valence-electron chi connectivity index (χ2n) is 14.3. The van der Waals surface area contributed by atoms with Crippen molar-refractivity contribution in [3.8, 4) is 27.9 Å². The van der Waals surface area contributed by atoms with Crippen molar-refractivity contribution in [1.82, 2.24) is 9.55 Å². The Labute approximate surface area is 324 Å². The minimum absolute atomic E-state index is 0.851. The number of rotatable bonds is 6. The van der Waals surface area contributed by atoms with Crippen molar-refractivity contribution < 1.29 is 4.42 Å². The van der Waals surface area contributed by atoms with Gasteiger partial charge in [0.05, 0.1) is 22.5 Å². The van der Waals surface area contributed by atoms with Gasteiger partial charge in [-0.1, -0.05) is 152 Å². The van der Waals surface area contributed by atoms with Gasteiger partial charge < -0.3 is 4.42 Å². The zero-order chi connectivity index (χ0) is 36.3. The van der Waals surface area contributed by atoms with Gasteiger partial charge in [-0.05, 0) is 85.5 Å². The number of fused-ring (bicyclic) bond motifs is 8. The van der Waals surface area contributed by atoms with Crippen LogP contribution in [0.25, 0.3) is 60.9 Å². The van der Waals surface area contributed by atoms with Gasteiger partial charge in [0.2, 0.25) is 0 Å². The molecule has 3 heterocycles. The van der Waals surface area contributed by atoms with Crippen molar-refractivity contribution in [2.75, 3.05) is 0 Å². The number of aromatic nitrogens is 2. The highest BCUT2D eigenvalue weighted by Gasteiger charge is 2.41. The highest BCUT2D eigenvalue weighted by molar-refractivity contribution is 7.98. The molecule has 0 saturated carbocycles. The molecule has 260 valence electrons. The maximum atomic E-state index is 6.20. The summed E-state index contributed by atoms with van der Waals surface area (Å²) >= 11 is 1.88. The van der Waals surface area contributed by atoms with Crippen LogP contribution in [0.15, 0.2) is 203 Å². The predicted molar refractivity (Wildman–Crippen MR) is 232 cm³/mol. The molecule has 0 saturated heterocycles. The Balaban J connectivity index is 1.09. The number of hydrogen-bond donors (Lipinski definition) is 0. The van der Waals surface area contributed by atoms with Crippen LogP contribution in [0.3, 0.4) is 0 Å². The lowest BCUT2D eigenvalue weighted by Crippen LogP contribution is -2.74. The summed E-state index contributed by atoms with van der Waals surface area (Å²) in [6.45, 7) is 0. The molecule has 5 heteroatoms. The summed E-state index contributed by atoms with van der Waals surface area (Å²) in [4.78, 5) is 6.23. The van der Waals surface area contributed by atoms with Crippen molar-refractivity contribution in [1.29, 1.82) is 0 Å². The molecule has 0 aliphatic carbocycles. The van der Waals surface area contributed by atoms with Crippen LogP contribution in [0.2, 0.25) is 0 Å². The number of hydrogen-bond acceptors (Lipinski definition) is 3. The Morgan fingerprint density at radius 3 is 1.80 bits per heavy atom. The maximum Gasteiger partial charge on any atom is 0.179 e. The predicted octanol–water partition coefficient (Wildman–Crippen LogP) is 10.2. The van der Waals surface area contributed by atoms with Gasteiger partial charge in [0.15, 0.2) is 8.07 Å². The van der Waals surface area contributed by atoms with Crippen molar-refractivity contribution in [2.45, 2.75) is 10.6 Å². The molecule has 8 aromatic carbocycles. The van der Waals surface area contributed by atoms with E-state index in [4.69, 9.17) is 9.40 Å². The van der Waals surface area contributed by atoms with Gasteiger partial charge in [0.1, 0.15) is 17.0 Å². The lowest BCUT2D eigenvalue weighted by Gasteiger charge is -2.35. The second-order valence-corrected chi connectivity index (χ2v) is 19.1. The molecule has 2 aromatic heterocycles. The molecule has 1 aliphatic rings. The fourth-order valence-electron chi connectivity index (χ4n) is 8.72. The quantitative estimate of drug-likeness (QED) is 0.126. The first-order chi connectivity index (χ1) is 27.2. The van der Waals surface area contributed by atoms with Crippen LogP contribution in [-0.2, 0) is 5.75 Å². The van der Waals surface area contributed by atoms with Gasteiger partial charge >= 0.3 is 0 Å². The van der Waals surface area contributed by atoms with Gasteiger partial charge in [0, 0.05) is 15.7 Å².